The van der Waals surface area contributed by atoms with Crippen LogP contribution in [0.1, 0.15) is 38.2 Å². The van der Waals surface area contributed by atoms with Crippen LogP contribution < -0.4 is 0 Å². The third kappa shape index (κ3) is 2.50. The van der Waals surface area contributed by atoms with Crippen molar-refractivity contribution in [3.8, 4) is 0 Å². The molecule has 1 aliphatic heterocycles. The van der Waals surface area contributed by atoms with Crippen molar-refractivity contribution in [2.45, 2.75) is 57.6 Å². The first-order valence-corrected chi connectivity index (χ1v) is 8.37. The van der Waals surface area contributed by atoms with E-state index in [1.54, 1.807) is 4.90 Å². The number of ether oxygens (including phenoxy) is 2. The minimum absolute atomic E-state index is 0.199. The number of amides is 1. The summed E-state index contributed by atoms with van der Waals surface area (Å²) in [6, 6.07) is 10.0. The molecule has 22 heavy (non-hydrogen) atoms. The maximum absolute atomic E-state index is 12.2. The standard InChI is InChI=1S/C18H23NO3/c1-12-17(22-16-10-14-7-8-15(16)9-14)19(18(20)21-12)11-13-5-3-2-4-6-13/h2-6,12,14-17H,7-11H2,1H3. The van der Waals surface area contributed by atoms with Crippen LogP contribution in [0.2, 0.25) is 0 Å². The van der Waals surface area contributed by atoms with E-state index < -0.39 is 0 Å². The number of nitrogens with zero attached hydrogens (tertiary/aromatic N) is 1. The molecule has 1 aromatic carbocycles. The summed E-state index contributed by atoms with van der Waals surface area (Å²) in [5, 5.41) is 0. The van der Waals surface area contributed by atoms with E-state index in [-0.39, 0.29) is 18.4 Å². The molecule has 0 N–H and O–H groups in total. The van der Waals surface area contributed by atoms with E-state index in [0.29, 0.717) is 18.6 Å². The largest absolute Gasteiger partial charge is 0.442 e. The van der Waals surface area contributed by atoms with Crippen molar-refractivity contribution in [2.75, 3.05) is 0 Å². The predicted molar refractivity (Wildman–Crippen MR) is 82.0 cm³/mol. The first kappa shape index (κ1) is 14.1. The Balaban J connectivity index is 1.47. The Morgan fingerprint density at radius 1 is 1.23 bits per heavy atom. The Morgan fingerprint density at radius 3 is 2.73 bits per heavy atom. The van der Waals surface area contributed by atoms with E-state index in [2.05, 4.69) is 0 Å². The normalized spacial score (nSPS) is 36.9. The molecular weight excluding hydrogens is 278 g/mol. The molecule has 118 valence electrons. The van der Waals surface area contributed by atoms with Gasteiger partial charge in [-0.15, -0.1) is 0 Å². The molecule has 0 spiro atoms. The fourth-order valence-electron chi connectivity index (χ4n) is 4.29. The Hall–Kier alpha value is -1.55. The van der Waals surface area contributed by atoms with Crippen LogP contribution >= 0.6 is 0 Å². The minimum Gasteiger partial charge on any atom is -0.442 e. The number of benzene rings is 1. The fourth-order valence-corrected chi connectivity index (χ4v) is 4.29. The van der Waals surface area contributed by atoms with Crippen molar-refractivity contribution in [1.82, 2.24) is 4.90 Å². The van der Waals surface area contributed by atoms with Gasteiger partial charge >= 0.3 is 6.09 Å². The van der Waals surface area contributed by atoms with Gasteiger partial charge in [0.25, 0.3) is 0 Å². The van der Waals surface area contributed by atoms with E-state index in [9.17, 15) is 4.79 Å². The Bertz CT molecular complexity index is 547. The molecule has 4 heteroatoms. The van der Waals surface area contributed by atoms with Crippen molar-refractivity contribution in [3.05, 3.63) is 35.9 Å². The fraction of sp³-hybridized carbons (Fsp3) is 0.611. The van der Waals surface area contributed by atoms with Gasteiger partial charge in [0.2, 0.25) is 0 Å². The average Bonchev–Trinajstić information content (AvgIpc) is 3.19. The Labute approximate surface area is 131 Å². The van der Waals surface area contributed by atoms with E-state index >= 15 is 0 Å². The van der Waals surface area contributed by atoms with Crippen LogP contribution in [0.15, 0.2) is 30.3 Å². The summed E-state index contributed by atoms with van der Waals surface area (Å²) in [5.74, 6) is 1.53. The molecule has 1 heterocycles. The minimum atomic E-state index is -0.260. The van der Waals surface area contributed by atoms with Crippen LogP contribution in [-0.4, -0.2) is 29.4 Å². The molecule has 5 atom stereocenters. The quantitative estimate of drug-likeness (QED) is 0.853. The summed E-state index contributed by atoms with van der Waals surface area (Å²) < 4.78 is 11.8. The zero-order valence-corrected chi connectivity index (χ0v) is 13.0. The van der Waals surface area contributed by atoms with Crippen molar-refractivity contribution < 1.29 is 14.3 Å². The van der Waals surface area contributed by atoms with Gasteiger partial charge in [0.1, 0.15) is 6.10 Å². The summed E-state index contributed by atoms with van der Waals surface area (Å²) >= 11 is 0. The SMILES string of the molecule is CC1OC(=O)N(Cc2ccccc2)C1OC1CC2CCC1C2. The zero-order valence-electron chi connectivity index (χ0n) is 13.0. The number of cyclic esters (lactones) is 1. The molecule has 0 radical (unpaired) electrons. The lowest BCUT2D eigenvalue weighted by Crippen LogP contribution is -2.41. The van der Waals surface area contributed by atoms with Gasteiger partial charge in [0.05, 0.1) is 12.6 Å². The van der Waals surface area contributed by atoms with Gasteiger partial charge < -0.3 is 9.47 Å². The summed E-state index contributed by atoms with van der Waals surface area (Å²) in [6.07, 6.45) is 4.69. The molecule has 2 bridgehead atoms. The zero-order chi connectivity index (χ0) is 15.1. The Kier molecular flexibility index (Phi) is 3.57. The van der Waals surface area contributed by atoms with Gasteiger partial charge in [-0.25, -0.2) is 4.79 Å². The lowest BCUT2D eigenvalue weighted by Gasteiger charge is -2.30. The van der Waals surface area contributed by atoms with Crippen molar-refractivity contribution in [1.29, 1.82) is 0 Å². The third-order valence-corrected chi connectivity index (χ3v) is 5.41. The number of carbonyl (C=O) groups excluding carboxylic acids is 1. The Morgan fingerprint density at radius 2 is 2.05 bits per heavy atom. The second kappa shape index (κ2) is 5.58. The number of hydrogen-bond donors (Lipinski definition) is 0. The first-order chi connectivity index (χ1) is 10.7. The summed E-state index contributed by atoms with van der Waals surface area (Å²) in [5.41, 5.74) is 1.11. The van der Waals surface area contributed by atoms with Crippen LogP contribution in [-0.2, 0) is 16.0 Å². The maximum atomic E-state index is 12.2. The van der Waals surface area contributed by atoms with Gasteiger partial charge in [-0.2, -0.15) is 0 Å². The van der Waals surface area contributed by atoms with E-state index in [1.165, 1.54) is 19.3 Å². The van der Waals surface area contributed by atoms with Gasteiger partial charge in [-0.05, 0) is 50.0 Å². The van der Waals surface area contributed by atoms with Crippen molar-refractivity contribution in [2.24, 2.45) is 11.8 Å². The molecule has 0 aromatic heterocycles. The molecule has 1 amide bonds. The van der Waals surface area contributed by atoms with Crippen LogP contribution in [0.3, 0.4) is 0 Å². The van der Waals surface area contributed by atoms with Crippen molar-refractivity contribution >= 4 is 6.09 Å². The summed E-state index contributed by atoms with van der Waals surface area (Å²) in [6.45, 7) is 2.48. The van der Waals surface area contributed by atoms with E-state index in [0.717, 1.165) is 17.9 Å². The molecule has 3 fully saturated rings. The van der Waals surface area contributed by atoms with Gasteiger partial charge in [-0.1, -0.05) is 30.3 Å². The van der Waals surface area contributed by atoms with Crippen LogP contribution in [0.4, 0.5) is 4.79 Å². The van der Waals surface area contributed by atoms with Gasteiger partial charge in [0, 0.05) is 0 Å². The molecular formula is C18H23NO3. The topological polar surface area (TPSA) is 38.8 Å². The highest BCUT2D eigenvalue weighted by Gasteiger charge is 2.46. The molecule has 5 unspecified atom stereocenters. The van der Waals surface area contributed by atoms with Crippen LogP contribution in [0, 0.1) is 11.8 Å². The first-order valence-electron chi connectivity index (χ1n) is 8.37. The number of fused-ring (bicyclic) bond motifs is 2. The highest BCUT2D eigenvalue weighted by Crippen LogP contribution is 2.46. The maximum Gasteiger partial charge on any atom is 0.412 e. The number of hydrogen-bond acceptors (Lipinski definition) is 3. The van der Waals surface area contributed by atoms with Crippen LogP contribution in [0.5, 0.6) is 0 Å². The molecule has 1 aromatic rings. The molecule has 4 nitrogen and oxygen atoms in total. The monoisotopic (exact) mass is 301 g/mol. The highest BCUT2D eigenvalue weighted by molar-refractivity contribution is 5.70. The lowest BCUT2D eigenvalue weighted by atomic mass is 9.97. The molecule has 3 aliphatic rings. The second-order valence-corrected chi connectivity index (χ2v) is 6.94. The molecule has 2 saturated carbocycles. The third-order valence-electron chi connectivity index (χ3n) is 5.41. The number of carbonyl (C=O) groups is 1. The predicted octanol–water partition coefficient (Wildman–Crippen LogP) is 3.56. The van der Waals surface area contributed by atoms with Crippen molar-refractivity contribution in [3.63, 3.8) is 0 Å². The highest BCUT2D eigenvalue weighted by atomic mass is 16.6. The van der Waals surface area contributed by atoms with Gasteiger partial charge in [-0.3, -0.25) is 4.90 Å². The number of rotatable bonds is 4. The second-order valence-electron chi connectivity index (χ2n) is 6.94. The average molecular weight is 301 g/mol. The smallest absolute Gasteiger partial charge is 0.412 e. The lowest BCUT2D eigenvalue weighted by molar-refractivity contribution is -0.108. The van der Waals surface area contributed by atoms with Gasteiger partial charge in [0.15, 0.2) is 6.23 Å². The summed E-state index contributed by atoms with van der Waals surface area (Å²) in [4.78, 5) is 13.9. The molecule has 1 saturated heterocycles. The van der Waals surface area contributed by atoms with E-state index in [4.69, 9.17) is 9.47 Å². The molecule has 2 aliphatic carbocycles. The van der Waals surface area contributed by atoms with E-state index in [1.807, 2.05) is 37.3 Å². The summed E-state index contributed by atoms with van der Waals surface area (Å²) in [7, 11) is 0. The molecule has 4 rings (SSSR count). The van der Waals surface area contributed by atoms with Crippen LogP contribution in [0.25, 0.3) is 0 Å².